The fourth-order valence-corrected chi connectivity index (χ4v) is 8.50. The van der Waals surface area contributed by atoms with Crippen LogP contribution in [-0.2, 0) is 5.41 Å². The van der Waals surface area contributed by atoms with Crippen LogP contribution in [0.5, 0.6) is 23.0 Å². The maximum Gasteiger partial charge on any atom is 0.133 e. The van der Waals surface area contributed by atoms with Crippen LogP contribution >= 0.6 is 0 Å². The molecule has 0 heterocycles. The second-order valence-electron chi connectivity index (χ2n) is 14.3. The number of anilines is 2. The first-order valence-electron chi connectivity index (χ1n) is 17.5. The maximum absolute atomic E-state index is 6.43. The predicted molar refractivity (Wildman–Crippen MR) is 192 cm³/mol. The lowest BCUT2D eigenvalue weighted by Gasteiger charge is -2.45. The van der Waals surface area contributed by atoms with Crippen LogP contribution in [0.1, 0.15) is 98.1 Å². The molecular weight excluding hydrogens is 564 g/mol. The molecule has 0 radical (unpaired) electrons. The Hall–Kier alpha value is -3.92. The average Bonchev–Trinajstić information content (AvgIpc) is 3.06. The van der Waals surface area contributed by atoms with E-state index in [1.807, 2.05) is 48.5 Å². The summed E-state index contributed by atoms with van der Waals surface area (Å²) < 4.78 is 12.9. The van der Waals surface area contributed by atoms with Gasteiger partial charge in [0, 0.05) is 16.8 Å². The lowest BCUT2D eigenvalue weighted by molar-refractivity contribution is 0.142. The van der Waals surface area contributed by atoms with Crippen LogP contribution in [0.3, 0.4) is 0 Å². The van der Waals surface area contributed by atoms with Crippen molar-refractivity contribution in [3.05, 3.63) is 106 Å². The molecule has 4 heteroatoms. The molecule has 0 bridgehead atoms. The van der Waals surface area contributed by atoms with Gasteiger partial charge in [-0.25, -0.2) is 0 Å². The Kier molecular flexibility index (Phi) is 9.36. The molecule has 0 aromatic heterocycles. The third-order valence-corrected chi connectivity index (χ3v) is 11.2. The third-order valence-electron chi connectivity index (χ3n) is 11.2. The minimum Gasteiger partial charge on any atom is -0.457 e. The van der Waals surface area contributed by atoms with Crippen LogP contribution in [0, 0.1) is 45.4 Å². The lowest BCUT2D eigenvalue weighted by atomic mass is 9.59. The summed E-state index contributed by atoms with van der Waals surface area (Å²) in [4.78, 5) is 0. The molecule has 4 aromatic rings. The van der Waals surface area contributed by atoms with Crippen molar-refractivity contribution in [1.82, 2.24) is 0 Å². The van der Waals surface area contributed by atoms with Gasteiger partial charge in [0.25, 0.3) is 0 Å². The average molecular weight is 617 g/mol. The van der Waals surface area contributed by atoms with E-state index in [4.69, 9.17) is 20.9 Å². The molecule has 0 amide bonds. The zero-order valence-electron chi connectivity index (χ0n) is 28.5. The first-order chi connectivity index (χ1) is 22.1. The summed E-state index contributed by atoms with van der Waals surface area (Å²) in [6.07, 6.45) is 11.9. The standard InChI is InChI=1S/C42H52N2O2/c1-6-31-7-9-32(10-8-31)33-19-21-42(22-20-33,34-23-27(2)40(28(3)24-34)45-38-15-11-36(43)12-16-38)35-25-29(4)41(30(5)26-35)46-39-17-13-37(44)14-18-39/h11-18,23-26,31-33H,6-10,19-22,43-44H2,1-5H3/t31-,32-. The van der Waals surface area contributed by atoms with E-state index in [1.165, 1.54) is 91.2 Å². The molecule has 2 aliphatic rings. The van der Waals surface area contributed by atoms with E-state index < -0.39 is 0 Å². The molecule has 2 fully saturated rings. The van der Waals surface area contributed by atoms with Gasteiger partial charge in [0.05, 0.1) is 0 Å². The van der Waals surface area contributed by atoms with E-state index in [9.17, 15) is 0 Å². The minimum absolute atomic E-state index is 0.0540. The van der Waals surface area contributed by atoms with E-state index in [0.717, 1.165) is 52.1 Å². The zero-order valence-corrected chi connectivity index (χ0v) is 28.5. The van der Waals surface area contributed by atoms with Crippen LogP contribution in [0.4, 0.5) is 11.4 Å². The number of benzene rings is 4. The molecule has 46 heavy (non-hydrogen) atoms. The van der Waals surface area contributed by atoms with Gasteiger partial charge in [-0.15, -0.1) is 0 Å². The molecule has 0 aliphatic heterocycles. The molecule has 0 atom stereocenters. The van der Waals surface area contributed by atoms with Gasteiger partial charge < -0.3 is 20.9 Å². The summed E-state index contributed by atoms with van der Waals surface area (Å²) in [5, 5.41) is 0. The Labute approximate surface area is 276 Å². The SMILES string of the molecule is CC[C@H]1CC[C@H](C2CCC(c3cc(C)c(Oc4ccc(N)cc4)c(C)c3)(c3cc(C)c(Oc4ccc(N)cc4)c(C)c3)CC2)CC1. The molecule has 2 aliphatic carbocycles. The summed E-state index contributed by atoms with van der Waals surface area (Å²) in [5.74, 6) is 6.15. The largest absolute Gasteiger partial charge is 0.457 e. The second-order valence-corrected chi connectivity index (χ2v) is 14.3. The Morgan fingerprint density at radius 3 is 1.30 bits per heavy atom. The Bertz CT molecular complexity index is 1490. The van der Waals surface area contributed by atoms with Crippen LogP contribution in [0.15, 0.2) is 72.8 Å². The van der Waals surface area contributed by atoms with Crippen molar-refractivity contribution in [2.75, 3.05) is 11.5 Å². The number of ether oxygens (including phenoxy) is 2. The minimum atomic E-state index is -0.0540. The van der Waals surface area contributed by atoms with Gasteiger partial charge in [0.15, 0.2) is 0 Å². The highest BCUT2D eigenvalue weighted by Crippen LogP contribution is 2.52. The van der Waals surface area contributed by atoms with Gasteiger partial charge in [-0.05, 0) is 166 Å². The number of aryl methyl sites for hydroxylation is 4. The molecular formula is C42H52N2O2. The molecule has 4 N–H and O–H groups in total. The summed E-state index contributed by atoms with van der Waals surface area (Å²) in [6.45, 7) is 11.1. The highest BCUT2D eigenvalue weighted by Gasteiger charge is 2.41. The molecule has 0 spiro atoms. The molecule has 6 rings (SSSR count). The van der Waals surface area contributed by atoms with E-state index >= 15 is 0 Å². The van der Waals surface area contributed by atoms with Gasteiger partial charge in [-0.2, -0.15) is 0 Å². The topological polar surface area (TPSA) is 70.5 Å². The molecule has 0 unspecified atom stereocenters. The molecule has 242 valence electrons. The van der Waals surface area contributed by atoms with Crippen molar-refractivity contribution < 1.29 is 9.47 Å². The number of nitrogens with two attached hydrogens (primary N) is 2. The fraction of sp³-hybridized carbons (Fsp3) is 0.429. The molecule has 4 aromatic carbocycles. The molecule has 4 nitrogen and oxygen atoms in total. The van der Waals surface area contributed by atoms with Crippen molar-refractivity contribution in [2.24, 2.45) is 17.8 Å². The van der Waals surface area contributed by atoms with Crippen LogP contribution in [0.2, 0.25) is 0 Å². The summed E-state index contributed by atoms with van der Waals surface area (Å²) in [6, 6.07) is 24.9. The van der Waals surface area contributed by atoms with Gasteiger partial charge in [0.2, 0.25) is 0 Å². The molecule has 2 saturated carbocycles. The Morgan fingerprint density at radius 1 is 0.565 bits per heavy atom. The van der Waals surface area contributed by atoms with Crippen LogP contribution in [-0.4, -0.2) is 0 Å². The normalized spacial score (nSPS) is 19.9. The number of hydrogen-bond acceptors (Lipinski definition) is 4. The highest BCUT2D eigenvalue weighted by molar-refractivity contribution is 5.55. The highest BCUT2D eigenvalue weighted by atomic mass is 16.5. The van der Waals surface area contributed by atoms with Crippen LogP contribution in [0.25, 0.3) is 0 Å². The monoisotopic (exact) mass is 616 g/mol. The summed E-state index contributed by atoms with van der Waals surface area (Å²) >= 11 is 0. The Balaban J connectivity index is 1.34. The second kappa shape index (κ2) is 13.4. The Morgan fingerprint density at radius 2 is 0.935 bits per heavy atom. The number of rotatable bonds is 8. The number of nitrogen functional groups attached to an aromatic ring is 2. The van der Waals surface area contributed by atoms with Gasteiger partial charge in [-0.3, -0.25) is 0 Å². The predicted octanol–water partition coefficient (Wildman–Crippen LogP) is 11.4. The lowest BCUT2D eigenvalue weighted by Crippen LogP contribution is -2.36. The van der Waals surface area contributed by atoms with Gasteiger partial charge in [-0.1, -0.05) is 50.5 Å². The van der Waals surface area contributed by atoms with Crippen molar-refractivity contribution in [3.8, 4) is 23.0 Å². The van der Waals surface area contributed by atoms with E-state index in [0.29, 0.717) is 0 Å². The molecule has 0 saturated heterocycles. The summed E-state index contributed by atoms with van der Waals surface area (Å²) in [7, 11) is 0. The fourth-order valence-electron chi connectivity index (χ4n) is 8.50. The van der Waals surface area contributed by atoms with Crippen molar-refractivity contribution in [3.63, 3.8) is 0 Å². The number of hydrogen-bond donors (Lipinski definition) is 2. The van der Waals surface area contributed by atoms with Crippen LogP contribution < -0.4 is 20.9 Å². The van der Waals surface area contributed by atoms with E-state index in [2.05, 4.69) is 58.9 Å². The van der Waals surface area contributed by atoms with Crippen molar-refractivity contribution in [2.45, 2.75) is 97.8 Å². The first kappa shape index (κ1) is 32.0. The van der Waals surface area contributed by atoms with Crippen molar-refractivity contribution in [1.29, 1.82) is 0 Å². The smallest absolute Gasteiger partial charge is 0.133 e. The zero-order chi connectivity index (χ0) is 32.4. The van der Waals surface area contributed by atoms with Crippen molar-refractivity contribution >= 4 is 11.4 Å². The first-order valence-corrected chi connectivity index (χ1v) is 17.5. The van der Waals surface area contributed by atoms with E-state index in [1.54, 1.807) is 0 Å². The quantitative estimate of drug-likeness (QED) is 0.193. The van der Waals surface area contributed by atoms with E-state index in [-0.39, 0.29) is 5.41 Å². The van der Waals surface area contributed by atoms with Gasteiger partial charge in [0.1, 0.15) is 23.0 Å². The maximum atomic E-state index is 6.43. The summed E-state index contributed by atoms with van der Waals surface area (Å²) in [5.41, 5.74) is 20.8. The van der Waals surface area contributed by atoms with Gasteiger partial charge >= 0.3 is 0 Å². The third kappa shape index (κ3) is 6.63.